The zero-order valence-electron chi connectivity index (χ0n) is 26.5. The summed E-state index contributed by atoms with van der Waals surface area (Å²) in [4.78, 5) is 64.3. The first-order valence-corrected chi connectivity index (χ1v) is 17.2. The molecule has 16 heteroatoms. The number of halogens is 2. The van der Waals surface area contributed by atoms with Crippen LogP contribution in [0.4, 0.5) is 9.93 Å². The van der Waals surface area contributed by atoms with Crippen molar-refractivity contribution < 1.29 is 18.8 Å². The third-order valence-corrected chi connectivity index (χ3v) is 10.4. The van der Waals surface area contributed by atoms with E-state index in [-0.39, 0.29) is 50.5 Å². The second kappa shape index (κ2) is 13.0. The van der Waals surface area contributed by atoms with Crippen molar-refractivity contribution >= 4 is 78.8 Å². The third kappa shape index (κ3) is 6.32. The molecule has 7 rings (SSSR count). The number of aromatic amines is 1. The third-order valence-electron chi connectivity index (χ3n) is 8.76. The summed E-state index contributed by atoms with van der Waals surface area (Å²) in [7, 11) is 0. The van der Waals surface area contributed by atoms with Crippen molar-refractivity contribution in [3.05, 3.63) is 91.9 Å². The summed E-state index contributed by atoms with van der Waals surface area (Å²) in [5.74, 6) is -1.11. The molecule has 2 saturated heterocycles. The van der Waals surface area contributed by atoms with Gasteiger partial charge in [-0.1, -0.05) is 58.8 Å². The molecule has 2 aromatic heterocycles. The Bertz CT molecular complexity index is 2170. The van der Waals surface area contributed by atoms with E-state index in [1.807, 2.05) is 32.0 Å². The molecule has 5 aromatic rings. The van der Waals surface area contributed by atoms with Gasteiger partial charge in [0.15, 0.2) is 10.7 Å². The van der Waals surface area contributed by atoms with Crippen LogP contribution < -0.4 is 16.8 Å². The van der Waals surface area contributed by atoms with E-state index in [2.05, 4.69) is 15.3 Å². The molecule has 4 N–H and O–H groups in total. The predicted octanol–water partition coefficient (Wildman–Crippen LogP) is 4.58. The number of thiazole rings is 1. The van der Waals surface area contributed by atoms with Crippen molar-refractivity contribution in [2.24, 2.45) is 0 Å². The van der Waals surface area contributed by atoms with Gasteiger partial charge in [0, 0.05) is 25.6 Å². The molecule has 254 valence electrons. The molecule has 0 radical (unpaired) electrons. The number of anilines is 1. The summed E-state index contributed by atoms with van der Waals surface area (Å²) < 4.78 is 6.17. The Balaban J connectivity index is 1.21. The Morgan fingerprint density at radius 2 is 1.92 bits per heavy atom. The predicted molar refractivity (Wildman–Crippen MR) is 187 cm³/mol. The fourth-order valence-corrected chi connectivity index (χ4v) is 7.72. The lowest BCUT2D eigenvalue weighted by Gasteiger charge is -2.47. The smallest absolute Gasteiger partial charge is 0.408 e. The highest BCUT2D eigenvalue weighted by Gasteiger charge is 2.52. The molecule has 0 spiro atoms. The quantitative estimate of drug-likeness (QED) is 0.210. The van der Waals surface area contributed by atoms with Gasteiger partial charge in [0.1, 0.15) is 12.2 Å². The average molecular weight is 724 g/mol. The van der Waals surface area contributed by atoms with Gasteiger partial charge in [-0.3, -0.25) is 19.6 Å². The second-order valence-corrected chi connectivity index (χ2v) is 14.2. The van der Waals surface area contributed by atoms with Crippen LogP contribution in [0.2, 0.25) is 10.0 Å². The number of hydrazine groups is 1. The maximum Gasteiger partial charge on any atom is 0.417 e. The van der Waals surface area contributed by atoms with Crippen LogP contribution in [-0.2, 0) is 29.1 Å². The number of urea groups is 1. The fourth-order valence-electron chi connectivity index (χ4n) is 6.62. The van der Waals surface area contributed by atoms with Gasteiger partial charge in [-0.05, 0) is 60.9 Å². The summed E-state index contributed by atoms with van der Waals surface area (Å²) in [6.07, 6.45) is -0.489. The number of nitrogen functional groups attached to an aromatic ring is 1. The molecule has 0 saturated carbocycles. The molecule has 2 atom stereocenters. The van der Waals surface area contributed by atoms with Crippen LogP contribution in [0, 0.1) is 0 Å². The summed E-state index contributed by atoms with van der Waals surface area (Å²) in [5.41, 5.74) is 9.91. The minimum absolute atomic E-state index is 0.107. The Morgan fingerprint density at radius 3 is 2.69 bits per heavy atom. The van der Waals surface area contributed by atoms with Crippen LogP contribution in [-0.4, -0.2) is 79.0 Å². The maximum atomic E-state index is 14.4. The standard InChI is InChI=1S/C33H32Cl2N8O5S/c1-17(2)43(32(46)37-13-19-6-8-21(34)22(35)10-19)41-16-28(44)42-24(11-18-7-9-23-25(12-18)48-33(47)38-23)30(45)40(15-27(41)42)14-20-4-3-5-26-29(20)39-31(36)49-26/h3-10,12,17,24,27H,11,13-16H2,1-2H3,(H2,36,39)(H,37,46)(H,38,47)/t24-,27+/m0/s1. The van der Waals surface area contributed by atoms with Gasteiger partial charge in [0.05, 0.1) is 38.9 Å². The highest BCUT2D eigenvalue weighted by molar-refractivity contribution is 7.22. The molecular weight excluding hydrogens is 691 g/mol. The fraction of sp³-hybridized carbons (Fsp3) is 0.303. The van der Waals surface area contributed by atoms with Crippen molar-refractivity contribution in [3.63, 3.8) is 0 Å². The van der Waals surface area contributed by atoms with Crippen LogP contribution >= 0.6 is 34.5 Å². The molecule has 0 bridgehead atoms. The number of carbonyl (C=O) groups excluding carboxylic acids is 3. The number of para-hydroxylation sites is 1. The van der Waals surface area contributed by atoms with Crippen molar-refractivity contribution in [1.82, 2.24) is 35.1 Å². The largest absolute Gasteiger partial charge is 0.417 e. The molecule has 4 heterocycles. The van der Waals surface area contributed by atoms with Gasteiger partial charge in [-0.2, -0.15) is 5.01 Å². The monoisotopic (exact) mass is 722 g/mol. The second-order valence-electron chi connectivity index (χ2n) is 12.3. The number of hydrogen-bond acceptors (Lipinski definition) is 9. The Morgan fingerprint density at radius 1 is 1.12 bits per heavy atom. The summed E-state index contributed by atoms with van der Waals surface area (Å²) in [6.45, 7) is 4.17. The first kappa shape index (κ1) is 32.9. The van der Waals surface area contributed by atoms with Crippen molar-refractivity contribution in [2.75, 3.05) is 18.8 Å². The van der Waals surface area contributed by atoms with Crippen LogP contribution in [0.25, 0.3) is 21.3 Å². The average Bonchev–Trinajstić information content (AvgIpc) is 3.72. The Hall–Kier alpha value is -4.63. The minimum Gasteiger partial charge on any atom is -0.408 e. The Kier molecular flexibility index (Phi) is 8.73. The van der Waals surface area contributed by atoms with Gasteiger partial charge < -0.3 is 25.3 Å². The van der Waals surface area contributed by atoms with E-state index in [1.54, 1.807) is 51.2 Å². The number of aromatic nitrogens is 2. The zero-order chi connectivity index (χ0) is 34.6. The summed E-state index contributed by atoms with van der Waals surface area (Å²) >= 11 is 13.6. The van der Waals surface area contributed by atoms with E-state index < -0.39 is 24.0 Å². The Labute approximate surface area is 294 Å². The molecule has 2 aliphatic rings. The number of hydrogen-bond donors (Lipinski definition) is 3. The summed E-state index contributed by atoms with van der Waals surface area (Å²) in [5, 5.41) is 7.43. The first-order chi connectivity index (χ1) is 23.5. The van der Waals surface area contributed by atoms with Gasteiger partial charge in [0.2, 0.25) is 11.8 Å². The number of rotatable bonds is 8. The number of carbonyl (C=O) groups is 3. The van der Waals surface area contributed by atoms with Crippen molar-refractivity contribution in [2.45, 2.75) is 51.6 Å². The van der Waals surface area contributed by atoms with E-state index in [1.165, 1.54) is 16.3 Å². The lowest BCUT2D eigenvalue weighted by molar-refractivity contribution is -0.158. The van der Waals surface area contributed by atoms with Crippen molar-refractivity contribution in [3.8, 4) is 0 Å². The number of nitrogens with one attached hydrogen (secondary N) is 2. The van der Waals surface area contributed by atoms with E-state index in [9.17, 15) is 19.2 Å². The number of nitrogens with zero attached hydrogens (tertiary/aromatic N) is 5. The van der Waals surface area contributed by atoms with Crippen LogP contribution in [0.15, 0.2) is 63.8 Å². The number of H-pyrrole nitrogens is 1. The van der Waals surface area contributed by atoms with E-state index in [4.69, 9.17) is 33.4 Å². The van der Waals surface area contributed by atoms with E-state index in [0.717, 1.165) is 21.3 Å². The zero-order valence-corrected chi connectivity index (χ0v) is 28.8. The van der Waals surface area contributed by atoms with Crippen LogP contribution in [0.1, 0.15) is 30.5 Å². The normalized spacial score (nSPS) is 18.2. The van der Waals surface area contributed by atoms with Gasteiger partial charge in [-0.25, -0.2) is 14.6 Å². The van der Waals surface area contributed by atoms with Gasteiger partial charge in [-0.15, -0.1) is 0 Å². The number of piperazine rings is 1. The molecule has 2 fully saturated rings. The molecule has 4 amide bonds. The maximum absolute atomic E-state index is 14.4. The molecular formula is C33H32Cl2N8O5S. The minimum atomic E-state index is -0.896. The molecule has 13 nitrogen and oxygen atoms in total. The molecule has 0 aliphatic carbocycles. The SMILES string of the molecule is CC(C)N(C(=O)NCc1ccc(Cl)c(Cl)c1)N1CC(=O)N2[C@@H](Cc3ccc4[nH]c(=O)oc4c3)C(=O)N(Cc3cccc4sc(N)nc34)C[C@@H]21. The highest BCUT2D eigenvalue weighted by Crippen LogP contribution is 2.33. The summed E-state index contributed by atoms with van der Waals surface area (Å²) in [6, 6.07) is 14.4. The first-order valence-electron chi connectivity index (χ1n) is 15.6. The lowest BCUT2D eigenvalue weighted by Crippen LogP contribution is -2.66. The number of oxazole rings is 1. The number of nitrogens with two attached hydrogens (primary N) is 1. The van der Waals surface area contributed by atoms with E-state index >= 15 is 0 Å². The van der Waals surface area contributed by atoms with Gasteiger partial charge in [0.25, 0.3) is 0 Å². The topological polar surface area (TPSA) is 161 Å². The van der Waals surface area contributed by atoms with Crippen molar-refractivity contribution in [1.29, 1.82) is 0 Å². The number of fused-ring (bicyclic) bond motifs is 3. The van der Waals surface area contributed by atoms with Crippen LogP contribution in [0.5, 0.6) is 0 Å². The molecule has 0 unspecified atom stereocenters. The molecule has 49 heavy (non-hydrogen) atoms. The lowest BCUT2D eigenvalue weighted by atomic mass is 9.99. The highest BCUT2D eigenvalue weighted by atomic mass is 35.5. The van der Waals surface area contributed by atoms with E-state index in [0.29, 0.717) is 31.8 Å². The molecule has 3 aromatic carbocycles. The number of benzene rings is 3. The number of amides is 4. The van der Waals surface area contributed by atoms with Gasteiger partial charge >= 0.3 is 11.8 Å². The molecule has 2 aliphatic heterocycles. The van der Waals surface area contributed by atoms with Crippen LogP contribution in [0.3, 0.4) is 0 Å².